The van der Waals surface area contributed by atoms with Crippen LogP contribution in [0.25, 0.3) is 0 Å². The molecule has 1 rings (SSSR count). The highest BCUT2D eigenvalue weighted by molar-refractivity contribution is 5.75. The van der Waals surface area contributed by atoms with Crippen molar-refractivity contribution >= 4 is 11.9 Å². The first-order valence-corrected chi connectivity index (χ1v) is 10.1. The van der Waals surface area contributed by atoms with Crippen LogP contribution < -0.4 is 0 Å². The molecule has 0 saturated heterocycles. The van der Waals surface area contributed by atoms with Gasteiger partial charge in [0.15, 0.2) is 0 Å². The molecule has 1 N–H and O–H groups in total. The van der Waals surface area contributed by atoms with Crippen LogP contribution in [0, 0.1) is 11.8 Å². The average molecular weight is 357 g/mol. The molecule has 0 amide bonds. The average Bonchev–Trinajstić information content (AvgIpc) is 2.62. The molecule has 0 aromatic carbocycles. The van der Waals surface area contributed by atoms with Crippen molar-refractivity contribution in [3.8, 4) is 0 Å². The second-order valence-electron chi connectivity index (χ2n) is 7.15. The Morgan fingerprint density at radius 3 is 2.20 bits per heavy atom. The number of hydrogen-bond acceptors (Lipinski definition) is 4. The lowest BCUT2D eigenvalue weighted by atomic mass is 9.81. The molecule has 0 aliphatic heterocycles. The molecule has 5 nitrogen and oxygen atoms in total. The molecule has 1 aliphatic rings. The summed E-state index contributed by atoms with van der Waals surface area (Å²) in [5.74, 6) is -1.72. The Kier molecular flexibility index (Phi) is 12.4. The highest BCUT2D eigenvalue weighted by Crippen LogP contribution is 2.30. The number of unbranched alkanes of at least 4 members (excludes halogenated alkanes) is 7. The third-order valence-corrected chi connectivity index (χ3v) is 4.97. The largest absolute Gasteiger partial charge is 0.481 e. The van der Waals surface area contributed by atoms with Crippen LogP contribution in [0.4, 0.5) is 0 Å². The smallest absolute Gasteiger partial charge is 0.309 e. The van der Waals surface area contributed by atoms with Crippen molar-refractivity contribution in [2.75, 3.05) is 19.8 Å². The molecule has 0 spiro atoms. The molecule has 1 saturated carbocycles. The van der Waals surface area contributed by atoms with Crippen molar-refractivity contribution in [2.24, 2.45) is 11.8 Å². The molecular formula is C20H36O5. The van der Waals surface area contributed by atoms with Gasteiger partial charge in [-0.25, -0.2) is 0 Å². The quantitative estimate of drug-likeness (QED) is 0.364. The van der Waals surface area contributed by atoms with E-state index in [9.17, 15) is 9.59 Å². The molecule has 0 heterocycles. The Morgan fingerprint density at radius 2 is 1.52 bits per heavy atom. The molecule has 1 aliphatic carbocycles. The molecule has 0 aromatic heterocycles. The van der Waals surface area contributed by atoms with Gasteiger partial charge in [-0.15, -0.1) is 0 Å². The van der Waals surface area contributed by atoms with E-state index in [1.165, 1.54) is 44.9 Å². The summed E-state index contributed by atoms with van der Waals surface area (Å²) < 4.78 is 10.7. The Labute approximate surface area is 152 Å². The Balaban J connectivity index is 1.92. The third kappa shape index (κ3) is 10.5. The van der Waals surface area contributed by atoms with Gasteiger partial charge in [0.25, 0.3) is 0 Å². The molecule has 5 heteroatoms. The molecule has 2 unspecified atom stereocenters. The zero-order valence-electron chi connectivity index (χ0n) is 15.8. The van der Waals surface area contributed by atoms with Crippen LogP contribution in [-0.2, 0) is 19.1 Å². The first kappa shape index (κ1) is 21.9. The summed E-state index contributed by atoms with van der Waals surface area (Å²) >= 11 is 0. The van der Waals surface area contributed by atoms with Crippen LogP contribution >= 0.6 is 0 Å². The van der Waals surface area contributed by atoms with Gasteiger partial charge in [0.1, 0.15) is 6.61 Å². The van der Waals surface area contributed by atoms with E-state index in [0.29, 0.717) is 19.4 Å². The van der Waals surface area contributed by atoms with Gasteiger partial charge in [-0.05, 0) is 25.7 Å². The fraction of sp³-hybridized carbons (Fsp3) is 0.900. The molecule has 1 fully saturated rings. The van der Waals surface area contributed by atoms with Crippen LogP contribution in [0.2, 0.25) is 0 Å². The summed E-state index contributed by atoms with van der Waals surface area (Å²) in [4.78, 5) is 23.0. The second-order valence-corrected chi connectivity index (χ2v) is 7.15. The number of carboxylic acids is 1. The number of esters is 1. The normalized spacial score (nSPS) is 20.4. The van der Waals surface area contributed by atoms with E-state index in [2.05, 4.69) is 6.92 Å². The van der Waals surface area contributed by atoms with Crippen LogP contribution in [0.3, 0.4) is 0 Å². The number of carboxylic acid groups (broad SMARTS) is 1. The van der Waals surface area contributed by atoms with Gasteiger partial charge >= 0.3 is 11.9 Å². The lowest BCUT2D eigenvalue weighted by Gasteiger charge is -2.24. The molecule has 0 bridgehead atoms. The predicted octanol–water partition coefficient (Wildman–Crippen LogP) is 4.58. The number of ether oxygens (including phenoxy) is 2. The van der Waals surface area contributed by atoms with Crippen molar-refractivity contribution in [1.29, 1.82) is 0 Å². The van der Waals surface area contributed by atoms with E-state index in [-0.39, 0.29) is 18.5 Å². The maximum absolute atomic E-state index is 12.0. The zero-order valence-corrected chi connectivity index (χ0v) is 15.8. The van der Waals surface area contributed by atoms with Crippen LogP contribution in [0.1, 0.15) is 84.0 Å². The fourth-order valence-electron chi connectivity index (χ4n) is 3.39. The van der Waals surface area contributed by atoms with Gasteiger partial charge < -0.3 is 14.6 Å². The minimum absolute atomic E-state index is 0.262. The van der Waals surface area contributed by atoms with Gasteiger partial charge in [-0.1, -0.05) is 58.3 Å². The van der Waals surface area contributed by atoms with Crippen LogP contribution in [0.15, 0.2) is 0 Å². The Hall–Kier alpha value is -1.10. The van der Waals surface area contributed by atoms with Crippen LogP contribution in [-0.4, -0.2) is 36.9 Å². The standard InChI is InChI=1S/C20H36O5/c1-2-3-4-5-6-7-8-9-13-24-14-15-25-20(23)18-12-10-11-17(16-18)19(21)22/h17-18H,2-16H2,1H3,(H,21,22). The second kappa shape index (κ2) is 14.1. The van der Waals surface area contributed by atoms with E-state index < -0.39 is 11.9 Å². The van der Waals surface area contributed by atoms with E-state index in [4.69, 9.17) is 14.6 Å². The van der Waals surface area contributed by atoms with Gasteiger partial charge in [-0.2, -0.15) is 0 Å². The lowest BCUT2D eigenvalue weighted by molar-refractivity contribution is -0.153. The monoisotopic (exact) mass is 356 g/mol. The number of carbonyl (C=O) groups is 2. The van der Waals surface area contributed by atoms with Crippen LogP contribution in [0.5, 0.6) is 0 Å². The summed E-state index contributed by atoms with van der Waals surface area (Å²) in [5.41, 5.74) is 0. The van der Waals surface area contributed by atoms with E-state index in [1.54, 1.807) is 0 Å². The molecule has 146 valence electrons. The number of rotatable bonds is 14. The topological polar surface area (TPSA) is 72.8 Å². The summed E-state index contributed by atoms with van der Waals surface area (Å²) in [6, 6.07) is 0. The molecule has 2 atom stereocenters. The molecule has 25 heavy (non-hydrogen) atoms. The minimum atomic E-state index is -0.800. The van der Waals surface area contributed by atoms with Crippen molar-refractivity contribution in [1.82, 2.24) is 0 Å². The van der Waals surface area contributed by atoms with Gasteiger partial charge in [0.2, 0.25) is 0 Å². The van der Waals surface area contributed by atoms with E-state index in [0.717, 1.165) is 25.9 Å². The minimum Gasteiger partial charge on any atom is -0.481 e. The summed E-state index contributed by atoms with van der Waals surface area (Å²) in [6.07, 6.45) is 12.8. The molecule has 0 radical (unpaired) electrons. The Morgan fingerprint density at radius 1 is 0.880 bits per heavy atom. The summed E-state index contributed by atoms with van der Waals surface area (Å²) in [7, 11) is 0. The van der Waals surface area contributed by atoms with E-state index in [1.807, 2.05) is 0 Å². The van der Waals surface area contributed by atoms with Crippen molar-refractivity contribution in [2.45, 2.75) is 84.0 Å². The Bertz CT molecular complexity index is 369. The van der Waals surface area contributed by atoms with Crippen molar-refractivity contribution in [3.05, 3.63) is 0 Å². The zero-order chi connectivity index (χ0) is 18.3. The number of aliphatic carboxylic acids is 1. The number of carbonyl (C=O) groups excluding carboxylic acids is 1. The van der Waals surface area contributed by atoms with Gasteiger partial charge in [0, 0.05) is 6.61 Å². The summed E-state index contributed by atoms with van der Waals surface area (Å²) in [6.45, 7) is 3.65. The molecule has 0 aromatic rings. The highest BCUT2D eigenvalue weighted by Gasteiger charge is 2.31. The van der Waals surface area contributed by atoms with Gasteiger partial charge in [0.05, 0.1) is 18.4 Å². The van der Waals surface area contributed by atoms with Gasteiger partial charge in [-0.3, -0.25) is 9.59 Å². The van der Waals surface area contributed by atoms with Crippen molar-refractivity contribution < 1.29 is 24.2 Å². The summed E-state index contributed by atoms with van der Waals surface area (Å²) in [5, 5.41) is 9.05. The van der Waals surface area contributed by atoms with Crippen molar-refractivity contribution in [3.63, 3.8) is 0 Å². The first-order chi connectivity index (χ1) is 12.1. The van der Waals surface area contributed by atoms with E-state index >= 15 is 0 Å². The fourth-order valence-corrected chi connectivity index (χ4v) is 3.39. The highest BCUT2D eigenvalue weighted by atomic mass is 16.6. The SMILES string of the molecule is CCCCCCCCCCOCCOC(=O)C1CCCC(C(=O)O)C1. The predicted molar refractivity (Wildman–Crippen MR) is 97.5 cm³/mol. The molecular weight excluding hydrogens is 320 g/mol. The third-order valence-electron chi connectivity index (χ3n) is 4.97. The lowest BCUT2D eigenvalue weighted by Crippen LogP contribution is -2.29. The first-order valence-electron chi connectivity index (χ1n) is 10.1. The maximum atomic E-state index is 12.0. The number of hydrogen-bond donors (Lipinski definition) is 1. The maximum Gasteiger partial charge on any atom is 0.309 e.